The fourth-order valence-electron chi connectivity index (χ4n) is 4.73. The van der Waals surface area contributed by atoms with Crippen molar-refractivity contribution in [2.24, 2.45) is 5.92 Å². The van der Waals surface area contributed by atoms with Gasteiger partial charge < -0.3 is 14.8 Å². The third kappa shape index (κ3) is 2.20. The summed E-state index contributed by atoms with van der Waals surface area (Å²) in [5, 5.41) is 3.75. The third-order valence-electron chi connectivity index (χ3n) is 5.81. The minimum Gasteiger partial charge on any atom is -0.493 e. The van der Waals surface area contributed by atoms with E-state index in [1.807, 2.05) is 0 Å². The second-order valence-electron chi connectivity index (χ2n) is 6.83. The number of benzene rings is 1. The van der Waals surface area contributed by atoms with Crippen molar-refractivity contribution in [2.45, 2.75) is 37.8 Å². The van der Waals surface area contributed by atoms with Crippen molar-refractivity contribution in [2.75, 3.05) is 33.9 Å². The maximum Gasteiger partial charge on any atom is 0.164 e. The number of piperidine rings is 2. The standard InChI is InChI=1S/C18H26N2O2/c1-21-17-6-5-13-14(18(17)22-2)7-9-20-11-12-4-3-8-19-15(12)10-16(13)20/h5-6,12,15-16,19H,3-4,7-11H2,1-2H3. The summed E-state index contributed by atoms with van der Waals surface area (Å²) in [6.45, 7) is 3.58. The van der Waals surface area contributed by atoms with Crippen molar-refractivity contribution < 1.29 is 9.47 Å². The molecule has 1 aromatic rings. The lowest BCUT2D eigenvalue weighted by Crippen LogP contribution is -2.54. The predicted molar refractivity (Wildman–Crippen MR) is 86.7 cm³/mol. The quantitative estimate of drug-likeness (QED) is 0.909. The van der Waals surface area contributed by atoms with Gasteiger partial charge in [-0.15, -0.1) is 0 Å². The summed E-state index contributed by atoms with van der Waals surface area (Å²) in [6.07, 6.45) is 5.02. The number of ether oxygens (including phenoxy) is 2. The highest BCUT2D eigenvalue weighted by molar-refractivity contribution is 5.53. The summed E-state index contributed by atoms with van der Waals surface area (Å²) in [6, 6.07) is 5.56. The lowest BCUT2D eigenvalue weighted by molar-refractivity contribution is 0.0546. The van der Waals surface area contributed by atoms with E-state index in [-0.39, 0.29) is 0 Å². The minimum atomic E-state index is 0.537. The molecule has 0 aliphatic carbocycles. The molecule has 3 aliphatic rings. The Kier molecular flexibility index (Phi) is 3.74. The fourth-order valence-corrected chi connectivity index (χ4v) is 4.73. The van der Waals surface area contributed by atoms with Crippen molar-refractivity contribution in [3.63, 3.8) is 0 Å². The van der Waals surface area contributed by atoms with E-state index in [0.29, 0.717) is 12.1 Å². The Bertz CT molecular complexity index is 560. The first-order chi connectivity index (χ1) is 10.8. The number of rotatable bonds is 2. The monoisotopic (exact) mass is 302 g/mol. The first-order valence-corrected chi connectivity index (χ1v) is 8.53. The third-order valence-corrected chi connectivity index (χ3v) is 5.81. The van der Waals surface area contributed by atoms with Gasteiger partial charge in [0.25, 0.3) is 0 Å². The topological polar surface area (TPSA) is 33.7 Å². The van der Waals surface area contributed by atoms with Gasteiger partial charge in [0.05, 0.1) is 14.2 Å². The highest BCUT2D eigenvalue weighted by Crippen LogP contribution is 2.45. The predicted octanol–water partition coefficient (Wildman–Crippen LogP) is 2.37. The van der Waals surface area contributed by atoms with Gasteiger partial charge in [-0.1, -0.05) is 6.07 Å². The highest BCUT2D eigenvalue weighted by atomic mass is 16.5. The van der Waals surface area contributed by atoms with Crippen LogP contribution in [-0.4, -0.2) is 44.8 Å². The normalized spacial score (nSPS) is 30.9. The Labute approximate surface area is 132 Å². The first-order valence-electron chi connectivity index (χ1n) is 8.53. The smallest absolute Gasteiger partial charge is 0.164 e. The molecule has 3 heterocycles. The molecule has 4 nitrogen and oxygen atoms in total. The molecule has 0 saturated carbocycles. The Balaban J connectivity index is 1.68. The van der Waals surface area contributed by atoms with Crippen LogP contribution in [0.1, 0.15) is 36.4 Å². The largest absolute Gasteiger partial charge is 0.493 e. The Morgan fingerprint density at radius 2 is 2.14 bits per heavy atom. The minimum absolute atomic E-state index is 0.537. The molecule has 0 amide bonds. The van der Waals surface area contributed by atoms with E-state index in [1.165, 1.54) is 43.5 Å². The van der Waals surface area contributed by atoms with E-state index < -0.39 is 0 Å². The molecule has 2 fully saturated rings. The summed E-state index contributed by atoms with van der Waals surface area (Å²) < 4.78 is 11.1. The number of methoxy groups -OCH3 is 2. The SMILES string of the molecule is COc1ccc2c(c1OC)CCN1CC3CCCNC3CC21. The van der Waals surface area contributed by atoms with Crippen molar-refractivity contribution in [1.29, 1.82) is 0 Å². The van der Waals surface area contributed by atoms with Crippen LogP contribution in [0.2, 0.25) is 0 Å². The molecule has 0 radical (unpaired) electrons. The van der Waals surface area contributed by atoms with E-state index in [4.69, 9.17) is 9.47 Å². The maximum absolute atomic E-state index is 5.66. The van der Waals surface area contributed by atoms with Gasteiger partial charge in [-0.05, 0) is 49.8 Å². The van der Waals surface area contributed by atoms with E-state index in [2.05, 4.69) is 22.3 Å². The van der Waals surface area contributed by atoms with Gasteiger partial charge in [-0.2, -0.15) is 0 Å². The second kappa shape index (κ2) is 5.74. The summed E-state index contributed by atoms with van der Waals surface area (Å²) in [5.74, 6) is 2.64. The zero-order valence-electron chi connectivity index (χ0n) is 13.6. The van der Waals surface area contributed by atoms with Crippen LogP contribution in [0.15, 0.2) is 12.1 Å². The zero-order valence-corrected chi connectivity index (χ0v) is 13.6. The molecule has 1 aromatic carbocycles. The molecule has 4 heteroatoms. The van der Waals surface area contributed by atoms with Gasteiger partial charge >= 0.3 is 0 Å². The van der Waals surface area contributed by atoms with E-state index in [9.17, 15) is 0 Å². The number of nitrogens with zero attached hydrogens (tertiary/aromatic N) is 1. The molecule has 0 spiro atoms. The van der Waals surface area contributed by atoms with E-state index in [0.717, 1.165) is 30.4 Å². The molecular formula is C18H26N2O2. The Morgan fingerprint density at radius 1 is 1.23 bits per heavy atom. The molecule has 3 aliphatic heterocycles. The van der Waals surface area contributed by atoms with Crippen LogP contribution in [0, 0.1) is 5.92 Å². The Hall–Kier alpha value is -1.26. The van der Waals surface area contributed by atoms with Crippen molar-refractivity contribution in [1.82, 2.24) is 10.2 Å². The van der Waals surface area contributed by atoms with Crippen LogP contribution < -0.4 is 14.8 Å². The number of hydrogen-bond acceptors (Lipinski definition) is 4. The molecule has 0 aromatic heterocycles. The summed E-state index contributed by atoms with van der Waals surface area (Å²) in [7, 11) is 3.47. The van der Waals surface area contributed by atoms with Crippen molar-refractivity contribution >= 4 is 0 Å². The van der Waals surface area contributed by atoms with Gasteiger partial charge in [0, 0.05) is 30.7 Å². The van der Waals surface area contributed by atoms with Gasteiger partial charge in [-0.25, -0.2) is 0 Å². The molecule has 0 bridgehead atoms. The van der Waals surface area contributed by atoms with Crippen LogP contribution in [0.25, 0.3) is 0 Å². The van der Waals surface area contributed by atoms with E-state index in [1.54, 1.807) is 14.2 Å². The van der Waals surface area contributed by atoms with Gasteiger partial charge in [0.2, 0.25) is 0 Å². The highest BCUT2D eigenvalue weighted by Gasteiger charge is 2.40. The van der Waals surface area contributed by atoms with Crippen molar-refractivity contribution in [3.8, 4) is 11.5 Å². The van der Waals surface area contributed by atoms with Crippen LogP contribution in [-0.2, 0) is 6.42 Å². The number of nitrogens with one attached hydrogen (secondary N) is 1. The molecule has 1 N–H and O–H groups in total. The molecule has 2 saturated heterocycles. The molecule has 3 atom stereocenters. The summed E-state index contributed by atoms with van der Waals surface area (Å²) >= 11 is 0. The Morgan fingerprint density at radius 3 is 2.95 bits per heavy atom. The van der Waals surface area contributed by atoms with Crippen LogP contribution in [0.5, 0.6) is 11.5 Å². The van der Waals surface area contributed by atoms with Crippen LogP contribution >= 0.6 is 0 Å². The number of hydrogen-bond donors (Lipinski definition) is 1. The second-order valence-corrected chi connectivity index (χ2v) is 6.83. The fraction of sp³-hybridized carbons (Fsp3) is 0.667. The molecule has 22 heavy (non-hydrogen) atoms. The summed E-state index contributed by atoms with van der Waals surface area (Å²) in [5.41, 5.74) is 2.81. The molecule has 4 rings (SSSR count). The lowest BCUT2D eigenvalue weighted by Gasteiger charge is -2.49. The van der Waals surface area contributed by atoms with Gasteiger partial charge in [0.15, 0.2) is 11.5 Å². The molecule has 120 valence electrons. The first kappa shape index (κ1) is 14.3. The average molecular weight is 302 g/mol. The number of fused-ring (bicyclic) bond motifs is 4. The van der Waals surface area contributed by atoms with Gasteiger partial charge in [0.1, 0.15) is 0 Å². The lowest BCUT2D eigenvalue weighted by atomic mass is 9.77. The molecular weight excluding hydrogens is 276 g/mol. The van der Waals surface area contributed by atoms with E-state index >= 15 is 0 Å². The molecule has 3 unspecified atom stereocenters. The maximum atomic E-state index is 5.66. The zero-order chi connectivity index (χ0) is 15.1. The van der Waals surface area contributed by atoms with Crippen molar-refractivity contribution in [3.05, 3.63) is 23.3 Å². The van der Waals surface area contributed by atoms with Crippen LogP contribution in [0.4, 0.5) is 0 Å². The summed E-state index contributed by atoms with van der Waals surface area (Å²) in [4.78, 5) is 2.70. The van der Waals surface area contributed by atoms with Gasteiger partial charge in [-0.3, -0.25) is 4.90 Å². The average Bonchev–Trinajstić information content (AvgIpc) is 2.58. The van der Waals surface area contributed by atoms with Crippen LogP contribution in [0.3, 0.4) is 0 Å².